The number of hydrogen-bond donors (Lipinski definition) is 0. The molecule has 438 valence electrons. The Morgan fingerprint density at radius 1 is 0.235 bits per heavy atom. The van der Waals surface area contributed by atoms with E-state index in [0.29, 0.717) is 0 Å². The van der Waals surface area contributed by atoms with E-state index in [1.807, 2.05) is 125 Å². The molecule has 0 fully saturated rings. The van der Waals surface area contributed by atoms with Crippen LogP contribution in [0.25, 0.3) is 34.2 Å². The minimum absolute atomic E-state index is 0. The summed E-state index contributed by atoms with van der Waals surface area (Å²) in [6.45, 7) is 34.9. The molecular weight excluding hydrogens is 1140 g/mol. The molecule has 0 bridgehead atoms. The SMILES string of the molecule is CC(C)(C)C[O-].CC(C)(C)C[O-].CC(C)(C)C[O-].CC(C)(C)C[O-].CC(C)(C)C[O-].CC(C)(C)C[O-].[O-]c1cccnc1-c1ncccc1[O-].[O-]c1cccnc1-c1ncccc1[O-].[O-]c1cccnc1-c1ncccc1[O-].[Ti+4].[Ti+4].[Ti+4]. The summed E-state index contributed by atoms with van der Waals surface area (Å²) >= 11 is 0. The molecule has 0 radical (unpaired) electrons. The molecule has 18 nitrogen and oxygen atoms in total. The van der Waals surface area contributed by atoms with Crippen molar-refractivity contribution in [3.05, 3.63) is 110 Å². The molecule has 0 aliphatic rings. The van der Waals surface area contributed by atoms with Crippen molar-refractivity contribution < 1.29 is 126 Å². The van der Waals surface area contributed by atoms with Crippen molar-refractivity contribution in [2.75, 3.05) is 39.6 Å². The molecule has 0 aromatic carbocycles. The first-order valence-electron chi connectivity index (χ1n) is 25.0. The maximum absolute atomic E-state index is 11.3. The average molecular weight is 1220 g/mol. The van der Waals surface area contributed by atoms with E-state index in [-0.39, 0.29) is 206 Å². The van der Waals surface area contributed by atoms with Crippen LogP contribution in [0.5, 0.6) is 34.5 Å². The first-order valence-corrected chi connectivity index (χ1v) is 25.0. The zero-order valence-electron chi connectivity index (χ0n) is 50.7. The van der Waals surface area contributed by atoms with Gasteiger partial charge < -0.3 is 61.3 Å². The molecule has 21 heteroatoms. The van der Waals surface area contributed by atoms with E-state index in [1.165, 1.54) is 110 Å². The molecule has 81 heavy (non-hydrogen) atoms. The number of nitrogens with zero attached hydrogens (tertiary/aromatic N) is 6. The molecule has 0 N–H and O–H groups in total. The van der Waals surface area contributed by atoms with Crippen molar-refractivity contribution in [1.82, 2.24) is 29.9 Å². The van der Waals surface area contributed by atoms with Crippen molar-refractivity contribution >= 4 is 0 Å². The van der Waals surface area contributed by atoms with Gasteiger partial charge in [-0.2, -0.15) is 0 Å². The Bertz CT molecular complexity index is 2060. The van der Waals surface area contributed by atoms with Crippen molar-refractivity contribution in [2.45, 2.75) is 125 Å². The largest absolute Gasteiger partial charge is 4.00 e. The summed E-state index contributed by atoms with van der Waals surface area (Å²) in [5, 5.41) is 128. The number of aromatic nitrogens is 6. The predicted molar refractivity (Wildman–Crippen MR) is 285 cm³/mol. The molecule has 0 amide bonds. The molecule has 0 aliphatic carbocycles. The van der Waals surface area contributed by atoms with Crippen LogP contribution in [0, 0.1) is 32.5 Å². The molecule has 6 aromatic heterocycles. The van der Waals surface area contributed by atoms with Gasteiger partial charge in [-0.1, -0.05) is 228 Å². The Balaban J connectivity index is -0.000000201. The summed E-state index contributed by atoms with van der Waals surface area (Å²) < 4.78 is 0. The second kappa shape index (κ2) is 44.2. The van der Waals surface area contributed by atoms with E-state index in [0.717, 1.165) is 0 Å². The van der Waals surface area contributed by atoms with Gasteiger partial charge in [0.05, 0.1) is 34.2 Å². The van der Waals surface area contributed by atoms with Gasteiger partial charge in [0.1, 0.15) is 0 Å². The molecule has 0 saturated carbocycles. The molecule has 0 aliphatic heterocycles. The standard InChI is InChI=1S/3C10H8N2O2.6C5H11O.3Ti/c3*13-7-3-1-5-11-9(7)10-8(14)4-2-6-12-10;6*1-5(2,3)4-6;;;/h3*1-6,13-14H;6*4H2,1-3H3;;;/q;;;6*-1;3*+4/p-6. The molecule has 6 rings (SSSR count). The zero-order chi connectivity index (χ0) is 61.1. The van der Waals surface area contributed by atoms with E-state index in [2.05, 4.69) is 29.9 Å². The van der Waals surface area contributed by atoms with Gasteiger partial charge in [0.2, 0.25) is 0 Å². The summed E-state index contributed by atoms with van der Waals surface area (Å²) in [7, 11) is 0. The minimum Gasteiger partial charge on any atom is -0.871 e. The summed E-state index contributed by atoms with van der Waals surface area (Å²) in [6.07, 6.45) is 8.78. The maximum Gasteiger partial charge on any atom is 4.00 e. The Morgan fingerprint density at radius 2 is 0.321 bits per heavy atom. The van der Waals surface area contributed by atoms with Crippen LogP contribution in [0.3, 0.4) is 0 Å². The summed E-state index contributed by atoms with van der Waals surface area (Å²) in [5.74, 6) is -1.73. The third-order valence-electron chi connectivity index (χ3n) is 7.90. The number of rotatable bonds is 3. The number of pyridine rings is 6. The van der Waals surface area contributed by atoms with Crippen molar-refractivity contribution in [3.63, 3.8) is 0 Å². The summed E-state index contributed by atoms with van der Waals surface area (Å²) in [6, 6.07) is 17.3. The van der Waals surface area contributed by atoms with Crippen LogP contribution < -0.4 is 61.3 Å². The normalized spacial score (nSPS) is 10.5. The molecule has 0 unspecified atom stereocenters. The Kier molecular flexibility index (Phi) is 47.9. The van der Waals surface area contributed by atoms with E-state index >= 15 is 0 Å². The Labute approximate surface area is 528 Å². The van der Waals surface area contributed by atoms with Gasteiger partial charge >= 0.3 is 65.2 Å². The third kappa shape index (κ3) is 48.8. The van der Waals surface area contributed by atoms with E-state index < -0.39 is 0 Å². The first kappa shape index (κ1) is 87.8. The molecule has 0 saturated heterocycles. The first-order chi connectivity index (χ1) is 35.7. The zero-order valence-corrected chi connectivity index (χ0v) is 55.4. The van der Waals surface area contributed by atoms with Crippen LogP contribution in [0.4, 0.5) is 0 Å². The van der Waals surface area contributed by atoms with Crippen LogP contribution in [0.15, 0.2) is 110 Å². The van der Waals surface area contributed by atoms with Crippen LogP contribution in [-0.2, 0) is 65.2 Å². The monoisotopic (exact) mass is 1220 g/mol. The molecule has 0 spiro atoms. The quantitative estimate of drug-likeness (QED) is 0.230. The number of hydrogen-bond acceptors (Lipinski definition) is 18. The smallest absolute Gasteiger partial charge is 0.871 e. The van der Waals surface area contributed by atoms with Crippen LogP contribution in [-0.4, -0.2) is 69.5 Å². The van der Waals surface area contributed by atoms with Crippen LogP contribution >= 0.6 is 0 Å². The average Bonchev–Trinajstić information content (AvgIpc) is 3.35. The second-order valence-corrected chi connectivity index (χ2v) is 24.3. The summed E-state index contributed by atoms with van der Waals surface area (Å²) in [5.41, 5.74) is 0.573. The molecule has 6 aromatic rings. The second-order valence-electron chi connectivity index (χ2n) is 24.3. The maximum atomic E-state index is 11.3. The molecule has 0 atom stereocenters. The van der Waals surface area contributed by atoms with E-state index in [4.69, 9.17) is 0 Å². The van der Waals surface area contributed by atoms with E-state index in [1.54, 1.807) is 0 Å². The minimum atomic E-state index is -0.289. The van der Waals surface area contributed by atoms with Gasteiger partial charge in [0.15, 0.2) is 0 Å². The molecule has 6 heterocycles. The Morgan fingerprint density at radius 3 is 0.383 bits per heavy atom. The topological polar surface area (TPSA) is 354 Å². The van der Waals surface area contributed by atoms with Gasteiger partial charge in [-0.25, -0.2) is 0 Å². The van der Waals surface area contributed by atoms with Crippen LogP contribution in [0.2, 0.25) is 0 Å². The van der Waals surface area contributed by atoms with Gasteiger partial charge in [-0.05, 0) is 36.4 Å². The Hall–Kier alpha value is -4.40. The fraction of sp³-hybridized carbons (Fsp3) is 0.500. The van der Waals surface area contributed by atoms with Gasteiger partial charge in [0.25, 0.3) is 0 Å². The van der Waals surface area contributed by atoms with E-state index in [9.17, 15) is 61.3 Å². The van der Waals surface area contributed by atoms with Crippen LogP contribution in [0.1, 0.15) is 125 Å². The summed E-state index contributed by atoms with van der Waals surface area (Å²) in [4.78, 5) is 23.0. The fourth-order valence-corrected chi connectivity index (χ4v) is 3.41. The molecular formula is C60H84N6O12Ti3. The fourth-order valence-electron chi connectivity index (χ4n) is 3.41. The van der Waals surface area contributed by atoms with Gasteiger partial charge in [-0.3, -0.25) is 29.9 Å². The van der Waals surface area contributed by atoms with Crippen molar-refractivity contribution in [3.8, 4) is 68.7 Å². The van der Waals surface area contributed by atoms with Gasteiger partial charge in [-0.15, -0.1) is 39.6 Å². The van der Waals surface area contributed by atoms with Gasteiger partial charge in [0, 0.05) is 37.2 Å². The van der Waals surface area contributed by atoms with Crippen molar-refractivity contribution in [2.24, 2.45) is 32.5 Å². The van der Waals surface area contributed by atoms with Crippen molar-refractivity contribution in [1.29, 1.82) is 0 Å². The third-order valence-corrected chi connectivity index (χ3v) is 7.90. The predicted octanol–water partition coefficient (Wildman–Crippen LogP) is 3.22.